The number of aliphatic hydroxyl groups excluding tert-OH is 1. The molecule has 8 nitrogen and oxygen atoms in total. The van der Waals surface area contributed by atoms with E-state index < -0.39 is 42.4 Å². The van der Waals surface area contributed by atoms with E-state index in [1.807, 2.05) is 6.08 Å². The van der Waals surface area contributed by atoms with Gasteiger partial charge in [0, 0.05) is 37.0 Å². The fourth-order valence-electron chi connectivity index (χ4n) is 8.93. The number of benzene rings is 2. The molecule has 2 saturated heterocycles. The summed E-state index contributed by atoms with van der Waals surface area (Å²) in [6.45, 7) is 37.1. The average molecular weight is 988 g/mol. The van der Waals surface area contributed by atoms with Gasteiger partial charge in [-0.05, 0) is 84.3 Å². The van der Waals surface area contributed by atoms with Gasteiger partial charge < -0.3 is 33.0 Å². The highest BCUT2D eigenvalue weighted by Gasteiger charge is 2.52. The summed E-state index contributed by atoms with van der Waals surface area (Å²) < 4.78 is 35.0. The largest absolute Gasteiger partial charge is 0.478 e. The Balaban J connectivity index is 1.53. The van der Waals surface area contributed by atoms with Gasteiger partial charge in [-0.15, -0.1) is 0 Å². The first-order valence-corrected chi connectivity index (χ1v) is 32.9. The van der Waals surface area contributed by atoms with Crippen LogP contribution in [0.3, 0.4) is 0 Å². The molecule has 2 N–H and O–H groups in total. The fourth-order valence-corrected chi connectivity index (χ4v) is 16.0. The van der Waals surface area contributed by atoms with Crippen LogP contribution >= 0.6 is 0 Å². The molecule has 0 bridgehead atoms. The first kappa shape index (κ1) is 57.6. The molecule has 11 heteroatoms. The Morgan fingerprint density at radius 3 is 1.91 bits per heavy atom. The van der Waals surface area contributed by atoms with Crippen molar-refractivity contribution in [3.05, 3.63) is 121 Å². The van der Waals surface area contributed by atoms with Crippen molar-refractivity contribution >= 4 is 41.3 Å². The van der Waals surface area contributed by atoms with Gasteiger partial charge in [0.2, 0.25) is 0 Å². The lowest BCUT2D eigenvalue weighted by molar-refractivity contribution is -0.183. The molecule has 4 rings (SSSR count). The van der Waals surface area contributed by atoms with E-state index in [0.29, 0.717) is 38.9 Å². The summed E-state index contributed by atoms with van der Waals surface area (Å²) in [5.74, 6) is -0.802. The number of ether oxygens (including phenoxy) is 2. The number of hydrogen-bond donors (Lipinski definition) is 2. The predicted molar refractivity (Wildman–Crippen MR) is 290 cm³/mol. The first-order chi connectivity index (χ1) is 31.5. The van der Waals surface area contributed by atoms with E-state index in [1.54, 1.807) is 12.2 Å². The molecule has 378 valence electrons. The van der Waals surface area contributed by atoms with Crippen LogP contribution in [0.15, 0.2) is 121 Å². The molecular weight excluding hydrogens is 897 g/mol. The molecule has 8 atom stereocenters. The fraction of sp³-hybridized carbons (Fsp3) is 0.596. The number of carboxylic acids is 1. The van der Waals surface area contributed by atoms with Crippen LogP contribution in [-0.2, 0) is 27.5 Å². The van der Waals surface area contributed by atoms with E-state index in [1.165, 1.54) is 10.4 Å². The van der Waals surface area contributed by atoms with Crippen molar-refractivity contribution in [3.8, 4) is 0 Å². The van der Waals surface area contributed by atoms with Gasteiger partial charge >= 0.3 is 5.97 Å². The molecule has 0 aliphatic carbocycles. The summed E-state index contributed by atoms with van der Waals surface area (Å²) in [6.07, 6.45) is 19.2. The van der Waals surface area contributed by atoms with Gasteiger partial charge in [-0.3, -0.25) is 0 Å². The Bertz CT molecular complexity index is 2000. The predicted octanol–water partition coefficient (Wildman–Crippen LogP) is 12.7. The highest BCUT2D eigenvalue weighted by molar-refractivity contribution is 6.99. The summed E-state index contributed by atoms with van der Waals surface area (Å²) in [6, 6.07) is 21.5. The zero-order valence-electron chi connectivity index (χ0n) is 44.8. The van der Waals surface area contributed by atoms with Crippen LogP contribution in [0.2, 0.25) is 41.3 Å². The second-order valence-electron chi connectivity index (χ2n) is 23.8. The highest BCUT2D eigenvalue weighted by atomic mass is 28.4. The Kier molecular flexibility index (Phi) is 20.3. The normalized spacial score (nSPS) is 26.4. The van der Waals surface area contributed by atoms with Crippen LogP contribution in [-0.4, -0.2) is 91.0 Å². The van der Waals surface area contributed by atoms with Crippen molar-refractivity contribution in [2.75, 3.05) is 13.2 Å². The number of aliphatic hydroxyl groups is 1. The van der Waals surface area contributed by atoms with E-state index in [9.17, 15) is 9.90 Å². The quantitative estimate of drug-likeness (QED) is 0.0585. The van der Waals surface area contributed by atoms with Gasteiger partial charge in [0.15, 0.2) is 16.6 Å². The number of aliphatic carboxylic acids is 1. The maximum Gasteiger partial charge on any atom is 0.328 e. The van der Waals surface area contributed by atoms with Crippen molar-refractivity contribution in [1.29, 1.82) is 0 Å². The topological polar surface area (TPSA) is 104 Å². The number of carbonyl (C=O) groups is 1. The molecule has 0 unspecified atom stereocenters. The van der Waals surface area contributed by atoms with E-state index >= 15 is 0 Å². The van der Waals surface area contributed by atoms with E-state index in [2.05, 4.69) is 200 Å². The minimum absolute atomic E-state index is 0.0326. The lowest BCUT2D eigenvalue weighted by Gasteiger charge is -2.50. The molecule has 2 aliphatic heterocycles. The van der Waals surface area contributed by atoms with Crippen molar-refractivity contribution in [2.45, 2.75) is 193 Å². The maximum absolute atomic E-state index is 12.1. The standard InChI is InChI=1S/C57H90O8Si3/c1-43(39-49-44(2)50(65-67(15,16)55(6,7)8)40-45(63-49)30-23-18-28-36-53(59)60)29-21-17-22-31-46-41-51(58)57(12,42-62-66(13,14)54(3,4)5)52(64-46)37-38-61-68(56(9,10)11,47-32-24-19-25-33-47)48-34-26-20-27-35-48/h18-29,31-36,39,44-46,49-52,58H,17,30,37-38,40-42H2,1-16H3,(H,59,60)/b23-18+,29-21+,31-22+,36-28+,43-39-/t44-,45-,46+,49+,50-,51+,52-,57+/m1/s1. The van der Waals surface area contributed by atoms with Crippen molar-refractivity contribution in [1.82, 2.24) is 0 Å². The monoisotopic (exact) mass is 987 g/mol. The minimum atomic E-state index is -2.78. The number of hydrogen-bond acceptors (Lipinski definition) is 7. The van der Waals surface area contributed by atoms with Crippen LogP contribution < -0.4 is 10.4 Å². The third kappa shape index (κ3) is 15.0. The molecule has 2 aromatic rings. The summed E-state index contributed by atoms with van der Waals surface area (Å²) in [5, 5.41) is 23.6. The lowest BCUT2D eigenvalue weighted by atomic mass is 9.74. The van der Waals surface area contributed by atoms with Crippen molar-refractivity contribution in [3.63, 3.8) is 0 Å². The van der Waals surface area contributed by atoms with Crippen LogP contribution in [0.4, 0.5) is 0 Å². The van der Waals surface area contributed by atoms with Gasteiger partial charge in [0.1, 0.15) is 0 Å². The molecule has 0 radical (unpaired) electrons. The number of allylic oxidation sites excluding steroid dienone is 6. The zero-order chi connectivity index (χ0) is 50.8. The molecule has 0 saturated carbocycles. The number of carboxylic acid groups (broad SMARTS) is 1. The molecule has 2 aliphatic rings. The van der Waals surface area contributed by atoms with Gasteiger partial charge in [-0.2, -0.15) is 0 Å². The average Bonchev–Trinajstić information content (AvgIpc) is 3.24. The minimum Gasteiger partial charge on any atom is -0.478 e. The molecule has 0 spiro atoms. The van der Waals surface area contributed by atoms with Crippen LogP contribution in [0.5, 0.6) is 0 Å². The molecule has 2 heterocycles. The maximum atomic E-state index is 12.1. The van der Waals surface area contributed by atoms with Crippen LogP contribution in [0, 0.1) is 11.3 Å². The smallest absolute Gasteiger partial charge is 0.328 e. The molecule has 2 fully saturated rings. The second kappa shape index (κ2) is 24.0. The van der Waals surface area contributed by atoms with Gasteiger partial charge in [-0.1, -0.05) is 191 Å². The highest BCUT2D eigenvalue weighted by Crippen LogP contribution is 2.45. The third-order valence-electron chi connectivity index (χ3n) is 15.5. The molecule has 0 amide bonds. The summed E-state index contributed by atoms with van der Waals surface area (Å²) >= 11 is 0. The molecule has 0 aromatic heterocycles. The van der Waals surface area contributed by atoms with Gasteiger partial charge in [-0.25, -0.2) is 4.79 Å². The SMILES string of the molecule is CC(=C/[C@@H]1O[C@H](C/C=C/C=C/C(=O)O)C[C@@H](O[Si](C)(C)C(C)(C)C)[C@@H]1C)/C=C/C/C=C/[C@H]1C[C@H](O)[C@](C)(CO[Si](C)(C)C(C)(C)C)[C@@H](CCO[Si](c2ccccc2)(c2ccccc2)C(C)(C)C)O1. The van der Waals surface area contributed by atoms with Crippen LogP contribution in [0.25, 0.3) is 0 Å². The van der Waals surface area contributed by atoms with E-state index in [-0.39, 0.29) is 51.6 Å². The molecule has 68 heavy (non-hydrogen) atoms. The third-order valence-corrected chi connectivity index (χ3v) is 29.5. The van der Waals surface area contributed by atoms with Crippen molar-refractivity contribution < 1.29 is 37.8 Å². The van der Waals surface area contributed by atoms with Gasteiger partial charge in [0.25, 0.3) is 8.32 Å². The number of rotatable bonds is 20. The molecular formula is C57H90O8Si3. The second-order valence-corrected chi connectivity index (χ2v) is 37.7. The summed E-state index contributed by atoms with van der Waals surface area (Å²) in [4.78, 5) is 11.0. The van der Waals surface area contributed by atoms with Crippen molar-refractivity contribution in [2.24, 2.45) is 11.3 Å². The summed E-state index contributed by atoms with van der Waals surface area (Å²) in [7, 11) is -6.96. The Hall–Kier alpha value is -2.98. The summed E-state index contributed by atoms with van der Waals surface area (Å²) in [5.41, 5.74) is 0.487. The Labute approximate surface area is 415 Å². The Morgan fingerprint density at radius 2 is 1.37 bits per heavy atom. The first-order valence-electron chi connectivity index (χ1n) is 25.2. The zero-order valence-corrected chi connectivity index (χ0v) is 47.8. The van der Waals surface area contributed by atoms with Gasteiger partial charge in [0.05, 0.1) is 36.6 Å². The van der Waals surface area contributed by atoms with E-state index in [0.717, 1.165) is 18.1 Å². The Morgan fingerprint density at radius 1 is 0.779 bits per heavy atom. The molecule has 2 aromatic carbocycles. The van der Waals surface area contributed by atoms with Crippen LogP contribution in [0.1, 0.15) is 115 Å². The van der Waals surface area contributed by atoms with E-state index in [4.69, 9.17) is 27.9 Å². The lowest BCUT2D eigenvalue weighted by Crippen LogP contribution is -2.67.